The summed E-state index contributed by atoms with van der Waals surface area (Å²) in [7, 11) is 3.18. The van der Waals surface area contributed by atoms with Gasteiger partial charge in [-0.15, -0.1) is 0 Å². The molecule has 2 saturated carbocycles. The van der Waals surface area contributed by atoms with Gasteiger partial charge in [-0.2, -0.15) is 0 Å². The second-order valence-electron chi connectivity index (χ2n) is 5.87. The van der Waals surface area contributed by atoms with Crippen LogP contribution in [0.4, 0.5) is 0 Å². The van der Waals surface area contributed by atoms with E-state index in [-0.39, 0.29) is 17.7 Å². The fourth-order valence-corrected chi connectivity index (χ4v) is 3.91. The minimum absolute atomic E-state index is 0.00263. The molecule has 1 aromatic rings. The molecular weight excluding hydrogens is 254 g/mol. The summed E-state index contributed by atoms with van der Waals surface area (Å²) in [5.74, 6) is 2.29. The van der Waals surface area contributed by atoms with E-state index in [2.05, 4.69) is 0 Å². The minimum atomic E-state index is -0.0604. The number of nitrogens with two attached hydrogens (primary N) is 1. The van der Waals surface area contributed by atoms with E-state index in [9.17, 15) is 4.79 Å². The zero-order valence-corrected chi connectivity index (χ0v) is 12.0. The molecule has 4 heteroatoms. The van der Waals surface area contributed by atoms with Crippen molar-refractivity contribution in [3.8, 4) is 11.5 Å². The number of Topliss-reactive ketones (excluding diaryl/α,β-unsaturated/α-hetero) is 1. The number of hydrogen-bond donors (Lipinski definition) is 1. The lowest BCUT2D eigenvalue weighted by Crippen LogP contribution is -2.40. The van der Waals surface area contributed by atoms with Gasteiger partial charge in [0.25, 0.3) is 0 Å². The molecule has 0 aromatic heterocycles. The van der Waals surface area contributed by atoms with Gasteiger partial charge in [-0.1, -0.05) is 0 Å². The van der Waals surface area contributed by atoms with Crippen LogP contribution in [0.2, 0.25) is 0 Å². The predicted octanol–water partition coefficient (Wildman–Crippen LogP) is 2.26. The summed E-state index contributed by atoms with van der Waals surface area (Å²) in [5.41, 5.74) is 6.87. The van der Waals surface area contributed by atoms with Gasteiger partial charge in [-0.05, 0) is 49.3 Å². The fraction of sp³-hybridized carbons (Fsp3) is 0.562. The number of methoxy groups -OCH3 is 2. The van der Waals surface area contributed by atoms with E-state index in [4.69, 9.17) is 15.2 Å². The van der Waals surface area contributed by atoms with Gasteiger partial charge in [-0.25, -0.2) is 0 Å². The first kappa shape index (κ1) is 13.4. The molecule has 4 nitrogen and oxygen atoms in total. The first-order chi connectivity index (χ1) is 9.65. The predicted molar refractivity (Wildman–Crippen MR) is 76.2 cm³/mol. The SMILES string of the molecule is COc1ccc(OC)c(C(=O)C2C3CCC(C3)C2N)c1. The highest BCUT2D eigenvalue weighted by Crippen LogP contribution is 2.49. The molecule has 20 heavy (non-hydrogen) atoms. The molecule has 2 bridgehead atoms. The van der Waals surface area contributed by atoms with Crippen LogP contribution in [0.5, 0.6) is 11.5 Å². The molecule has 4 unspecified atom stereocenters. The molecule has 2 aliphatic rings. The molecule has 1 aromatic carbocycles. The molecule has 3 rings (SSSR count). The van der Waals surface area contributed by atoms with Crippen molar-refractivity contribution in [1.29, 1.82) is 0 Å². The summed E-state index contributed by atoms with van der Waals surface area (Å²) in [6.45, 7) is 0. The number of carbonyl (C=O) groups excluding carboxylic acids is 1. The maximum absolute atomic E-state index is 12.9. The van der Waals surface area contributed by atoms with Gasteiger partial charge in [-0.3, -0.25) is 4.79 Å². The molecular formula is C16H21NO3. The lowest BCUT2D eigenvalue weighted by atomic mass is 9.80. The number of benzene rings is 1. The Hall–Kier alpha value is -1.55. The maximum atomic E-state index is 12.9. The summed E-state index contributed by atoms with van der Waals surface area (Å²) >= 11 is 0. The van der Waals surface area contributed by atoms with Crippen molar-refractivity contribution in [2.75, 3.05) is 14.2 Å². The van der Waals surface area contributed by atoms with Gasteiger partial charge < -0.3 is 15.2 Å². The molecule has 4 atom stereocenters. The monoisotopic (exact) mass is 275 g/mol. The Morgan fingerprint density at radius 1 is 1.20 bits per heavy atom. The van der Waals surface area contributed by atoms with Crippen molar-refractivity contribution in [2.24, 2.45) is 23.5 Å². The quantitative estimate of drug-likeness (QED) is 0.856. The summed E-state index contributed by atoms with van der Waals surface area (Å²) in [5, 5.41) is 0. The number of carbonyl (C=O) groups is 1. The van der Waals surface area contributed by atoms with Gasteiger partial charge in [0.05, 0.1) is 19.8 Å². The Morgan fingerprint density at radius 2 is 1.95 bits per heavy atom. The molecule has 2 fully saturated rings. The Kier molecular flexibility index (Phi) is 3.42. The van der Waals surface area contributed by atoms with Crippen molar-refractivity contribution < 1.29 is 14.3 Å². The average molecular weight is 275 g/mol. The number of ether oxygens (including phenoxy) is 2. The van der Waals surface area contributed by atoms with Crippen molar-refractivity contribution in [3.63, 3.8) is 0 Å². The van der Waals surface area contributed by atoms with Gasteiger partial charge in [0.1, 0.15) is 11.5 Å². The van der Waals surface area contributed by atoms with E-state index in [0.717, 1.165) is 12.8 Å². The van der Waals surface area contributed by atoms with Crippen LogP contribution in [0.1, 0.15) is 29.6 Å². The van der Waals surface area contributed by atoms with E-state index in [1.54, 1.807) is 32.4 Å². The normalized spacial score (nSPS) is 31.4. The van der Waals surface area contributed by atoms with Gasteiger partial charge >= 0.3 is 0 Å². The van der Waals surface area contributed by atoms with Crippen LogP contribution in [0.25, 0.3) is 0 Å². The summed E-state index contributed by atoms with van der Waals surface area (Å²) in [6, 6.07) is 5.35. The summed E-state index contributed by atoms with van der Waals surface area (Å²) < 4.78 is 10.5. The average Bonchev–Trinajstić information content (AvgIpc) is 3.06. The van der Waals surface area contributed by atoms with Crippen molar-refractivity contribution >= 4 is 5.78 Å². The number of ketones is 1. The van der Waals surface area contributed by atoms with Crippen LogP contribution in [0, 0.1) is 17.8 Å². The molecule has 0 amide bonds. The second-order valence-corrected chi connectivity index (χ2v) is 5.87. The molecule has 0 spiro atoms. The second kappa shape index (κ2) is 5.09. The molecule has 0 saturated heterocycles. The Morgan fingerprint density at radius 3 is 2.55 bits per heavy atom. The number of hydrogen-bond acceptors (Lipinski definition) is 4. The van der Waals surface area contributed by atoms with Gasteiger partial charge in [0.2, 0.25) is 0 Å². The lowest BCUT2D eigenvalue weighted by molar-refractivity contribution is 0.0852. The first-order valence-corrected chi connectivity index (χ1v) is 7.17. The highest BCUT2D eigenvalue weighted by atomic mass is 16.5. The summed E-state index contributed by atoms with van der Waals surface area (Å²) in [6.07, 6.45) is 3.40. The first-order valence-electron chi connectivity index (χ1n) is 7.17. The highest BCUT2D eigenvalue weighted by molar-refractivity contribution is 6.01. The number of fused-ring (bicyclic) bond motifs is 2. The highest BCUT2D eigenvalue weighted by Gasteiger charge is 2.49. The van der Waals surface area contributed by atoms with Crippen LogP contribution in [-0.2, 0) is 0 Å². The van der Waals surface area contributed by atoms with E-state index in [0.29, 0.717) is 28.9 Å². The van der Waals surface area contributed by atoms with Crippen LogP contribution in [-0.4, -0.2) is 26.0 Å². The molecule has 2 aliphatic carbocycles. The lowest BCUT2D eigenvalue weighted by Gasteiger charge is -2.27. The summed E-state index contributed by atoms with van der Waals surface area (Å²) in [4.78, 5) is 12.9. The topological polar surface area (TPSA) is 61.5 Å². The zero-order chi connectivity index (χ0) is 14.3. The van der Waals surface area contributed by atoms with Gasteiger partial charge in [0.15, 0.2) is 5.78 Å². The van der Waals surface area contributed by atoms with E-state index < -0.39 is 0 Å². The zero-order valence-electron chi connectivity index (χ0n) is 12.0. The Balaban J connectivity index is 1.94. The molecule has 0 heterocycles. The number of rotatable bonds is 4. The van der Waals surface area contributed by atoms with E-state index in [1.807, 2.05) is 0 Å². The van der Waals surface area contributed by atoms with Crippen LogP contribution < -0.4 is 15.2 Å². The standard InChI is InChI=1S/C16H21NO3/c1-19-11-5-6-13(20-2)12(8-11)16(18)14-9-3-4-10(7-9)15(14)17/h5-6,8-10,14-15H,3-4,7,17H2,1-2H3. The Bertz CT molecular complexity index is 526. The van der Waals surface area contributed by atoms with Crippen molar-refractivity contribution in [2.45, 2.75) is 25.3 Å². The van der Waals surface area contributed by atoms with Gasteiger partial charge in [0, 0.05) is 12.0 Å². The third-order valence-corrected chi connectivity index (χ3v) is 4.96. The largest absolute Gasteiger partial charge is 0.497 e. The maximum Gasteiger partial charge on any atom is 0.171 e. The molecule has 2 N–H and O–H groups in total. The smallest absolute Gasteiger partial charge is 0.171 e. The van der Waals surface area contributed by atoms with E-state index in [1.165, 1.54) is 6.42 Å². The minimum Gasteiger partial charge on any atom is -0.497 e. The Labute approximate surface area is 119 Å². The van der Waals surface area contributed by atoms with Crippen molar-refractivity contribution in [3.05, 3.63) is 23.8 Å². The van der Waals surface area contributed by atoms with Crippen LogP contribution in [0.15, 0.2) is 18.2 Å². The molecule has 0 aliphatic heterocycles. The fourth-order valence-electron chi connectivity index (χ4n) is 3.91. The van der Waals surface area contributed by atoms with Crippen molar-refractivity contribution in [1.82, 2.24) is 0 Å². The van der Waals surface area contributed by atoms with Crippen LogP contribution in [0.3, 0.4) is 0 Å². The third kappa shape index (κ3) is 1.99. The third-order valence-electron chi connectivity index (χ3n) is 4.96. The molecule has 108 valence electrons. The molecule has 0 radical (unpaired) electrons. The van der Waals surface area contributed by atoms with Crippen LogP contribution >= 0.6 is 0 Å². The van der Waals surface area contributed by atoms with E-state index >= 15 is 0 Å².